The van der Waals surface area contributed by atoms with Gasteiger partial charge in [-0.25, -0.2) is 0 Å². The summed E-state index contributed by atoms with van der Waals surface area (Å²) >= 11 is 0. The van der Waals surface area contributed by atoms with Gasteiger partial charge in [0, 0.05) is 18.0 Å². The lowest BCUT2D eigenvalue weighted by Crippen LogP contribution is -2.31. The van der Waals surface area contributed by atoms with Crippen LogP contribution in [0.1, 0.15) is 23.8 Å². The molecule has 0 spiro atoms. The lowest BCUT2D eigenvalue weighted by Gasteiger charge is -2.30. The lowest BCUT2D eigenvalue weighted by atomic mass is 9.84. The van der Waals surface area contributed by atoms with Crippen molar-refractivity contribution in [2.75, 3.05) is 14.1 Å². The van der Waals surface area contributed by atoms with Crippen LogP contribution in [-0.4, -0.2) is 30.1 Å². The summed E-state index contributed by atoms with van der Waals surface area (Å²) in [6.07, 6.45) is 2.82. The summed E-state index contributed by atoms with van der Waals surface area (Å²) in [6, 6.07) is 2.10. The number of carboxylic acids is 1. The number of rotatable bonds is 2. The van der Waals surface area contributed by atoms with Crippen molar-refractivity contribution >= 4 is 5.97 Å². The number of hydrogen-bond acceptors (Lipinski definition) is 3. The van der Waals surface area contributed by atoms with Crippen molar-refractivity contribution in [2.24, 2.45) is 5.92 Å². The third-order valence-corrected chi connectivity index (χ3v) is 3.05. The van der Waals surface area contributed by atoms with Crippen LogP contribution in [0.15, 0.2) is 16.7 Å². The molecule has 1 N–H and O–H groups in total. The van der Waals surface area contributed by atoms with Gasteiger partial charge < -0.3 is 14.4 Å². The second-order valence-electron chi connectivity index (χ2n) is 4.25. The molecule has 0 saturated carbocycles. The molecule has 0 saturated heterocycles. The predicted octanol–water partition coefficient (Wildman–Crippen LogP) is 1.53. The number of aliphatic carboxylic acids is 1. The van der Waals surface area contributed by atoms with Gasteiger partial charge in [0.05, 0.1) is 12.2 Å². The largest absolute Gasteiger partial charge is 0.481 e. The van der Waals surface area contributed by atoms with Crippen molar-refractivity contribution in [1.82, 2.24) is 4.90 Å². The highest BCUT2D eigenvalue weighted by molar-refractivity contribution is 5.71. The lowest BCUT2D eigenvalue weighted by molar-refractivity contribution is -0.142. The van der Waals surface area contributed by atoms with Gasteiger partial charge in [-0.3, -0.25) is 4.79 Å². The molecular weight excluding hydrogens is 194 g/mol. The number of carbonyl (C=O) groups is 1. The Hall–Kier alpha value is -1.29. The van der Waals surface area contributed by atoms with E-state index in [1.54, 1.807) is 6.26 Å². The molecule has 1 aromatic heterocycles. The van der Waals surface area contributed by atoms with Gasteiger partial charge in [0.25, 0.3) is 0 Å². The van der Waals surface area contributed by atoms with E-state index in [9.17, 15) is 4.79 Å². The third-order valence-electron chi connectivity index (χ3n) is 3.05. The Morgan fingerprint density at radius 1 is 1.60 bits per heavy atom. The zero-order valence-corrected chi connectivity index (χ0v) is 8.93. The van der Waals surface area contributed by atoms with Gasteiger partial charge >= 0.3 is 5.97 Å². The number of nitrogens with zero attached hydrogens (tertiary/aromatic N) is 1. The summed E-state index contributed by atoms with van der Waals surface area (Å²) in [6.45, 7) is 0. The average molecular weight is 209 g/mol. The SMILES string of the molecule is CN(C)C1CC(C(=O)O)Cc2occc21. The number of hydrogen-bond donors (Lipinski definition) is 1. The van der Waals surface area contributed by atoms with E-state index >= 15 is 0 Å². The first kappa shape index (κ1) is 10.2. The van der Waals surface area contributed by atoms with E-state index in [0.29, 0.717) is 12.8 Å². The molecule has 15 heavy (non-hydrogen) atoms. The minimum absolute atomic E-state index is 0.161. The van der Waals surface area contributed by atoms with Crippen molar-refractivity contribution in [1.29, 1.82) is 0 Å². The maximum atomic E-state index is 11.0. The van der Waals surface area contributed by atoms with Crippen molar-refractivity contribution in [3.05, 3.63) is 23.7 Å². The number of carboxylic acid groups (broad SMARTS) is 1. The van der Waals surface area contributed by atoms with Crippen LogP contribution >= 0.6 is 0 Å². The Balaban J connectivity index is 2.31. The second kappa shape index (κ2) is 3.70. The molecule has 1 heterocycles. The second-order valence-corrected chi connectivity index (χ2v) is 4.25. The first-order chi connectivity index (χ1) is 7.09. The molecule has 4 nitrogen and oxygen atoms in total. The maximum Gasteiger partial charge on any atom is 0.307 e. The molecule has 0 bridgehead atoms. The van der Waals surface area contributed by atoms with Crippen LogP contribution in [0.5, 0.6) is 0 Å². The zero-order chi connectivity index (χ0) is 11.0. The standard InChI is InChI=1S/C11H15NO3/c1-12(2)9-5-7(11(13)14)6-10-8(9)3-4-15-10/h3-4,7,9H,5-6H2,1-2H3,(H,13,14). The van der Waals surface area contributed by atoms with Crippen molar-refractivity contribution < 1.29 is 14.3 Å². The van der Waals surface area contributed by atoms with Crippen LogP contribution < -0.4 is 0 Å². The highest BCUT2D eigenvalue weighted by Crippen LogP contribution is 2.36. The van der Waals surface area contributed by atoms with E-state index in [-0.39, 0.29) is 12.0 Å². The number of furan rings is 1. The Morgan fingerprint density at radius 2 is 2.33 bits per heavy atom. The molecule has 1 aliphatic carbocycles. The van der Waals surface area contributed by atoms with Crippen molar-refractivity contribution in [3.8, 4) is 0 Å². The topological polar surface area (TPSA) is 53.7 Å². The fourth-order valence-corrected chi connectivity index (χ4v) is 2.19. The summed E-state index contributed by atoms with van der Waals surface area (Å²) in [5.74, 6) is -0.229. The first-order valence-corrected chi connectivity index (χ1v) is 5.05. The van der Waals surface area contributed by atoms with Gasteiger partial charge in [0.2, 0.25) is 0 Å². The highest BCUT2D eigenvalue weighted by atomic mass is 16.4. The summed E-state index contributed by atoms with van der Waals surface area (Å²) in [5, 5.41) is 9.04. The summed E-state index contributed by atoms with van der Waals surface area (Å²) in [4.78, 5) is 13.0. The van der Waals surface area contributed by atoms with Crippen LogP contribution in [0, 0.1) is 5.92 Å². The van der Waals surface area contributed by atoms with Crippen LogP contribution in [0.2, 0.25) is 0 Å². The molecule has 0 amide bonds. The van der Waals surface area contributed by atoms with Crippen molar-refractivity contribution in [3.63, 3.8) is 0 Å². The molecule has 2 rings (SSSR count). The number of fused-ring (bicyclic) bond motifs is 1. The maximum absolute atomic E-state index is 11.0. The van der Waals surface area contributed by atoms with Gasteiger partial charge in [0.15, 0.2) is 0 Å². The quantitative estimate of drug-likeness (QED) is 0.802. The summed E-state index contributed by atoms with van der Waals surface area (Å²) in [5.41, 5.74) is 1.14. The van der Waals surface area contributed by atoms with E-state index in [4.69, 9.17) is 9.52 Å². The molecule has 2 atom stereocenters. The molecule has 1 aliphatic rings. The van der Waals surface area contributed by atoms with Gasteiger partial charge in [-0.15, -0.1) is 0 Å². The molecule has 0 radical (unpaired) electrons. The smallest absolute Gasteiger partial charge is 0.307 e. The Morgan fingerprint density at radius 3 is 2.93 bits per heavy atom. The fourth-order valence-electron chi connectivity index (χ4n) is 2.19. The molecule has 4 heteroatoms. The predicted molar refractivity (Wildman–Crippen MR) is 54.6 cm³/mol. The normalized spacial score (nSPS) is 25.3. The minimum Gasteiger partial charge on any atom is -0.481 e. The molecule has 0 aromatic carbocycles. The Labute approximate surface area is 88.5 Å². The third kappa shape index (κ3) is 1.77. The van der Waals surface area contributed by atoms with Gasteiger partial charge in [-0.1, -0.05) is 0 Å². The molecule has 2 unspecified atom stereocenters. The molecule has 0 aliphatic heterocycles. The Kier molecular flexibility index (Phi) is 2.52. The van der Waals surface area contributed by atoms with Crippen LogP contribution in [-0.2, 0) is 11.2 Å². The molecule has 1 aromatic rings. The highest BCUT2D eigenvalue weighted by Gasteiger charge is 2.33. The molecule has 0 fully saturated rings. The van der Waals surface area contributed by atoms with E-state index in [1.807, 2.05) is 25.1 Å². The minimum atomic E-state index is -0.732. The van der Waals surface area contributed by atoms with Crippen LogP contribution in [0.3, 0.4) is 0 Å². The van der Waals surface area contributed by atoms with E-state index in [2.05, 4.69) is 0 Å². The summed E-state index contributed by atoms with van der Waals surface area (Å²) < 4.78 is 5.33. The summed E-state index contributed by atoms with van der Waals surface area (Å²) in [7, 11) is 3.93. The van der Waals surface area contributed by atoms with Gasteiger partial charge in [-0.05, 0) is 26.6 Å². The van der Waals surface area contributed by atoms with Gasteiger partial charge in [0.1, 0.15) is 5.76 Å². The Bertz CT molecular complexity index is 370. The molecular formula is C11H15NO3. The molecule has 82 valence electrons. The van der Waals surface area contributed by atoms with Gasteiger partial charge in [-0.2, -0.15) is 0 Å². The van der Waals surface area contributed by atoms with E-state index < -0.39 is 5.97 Å². The fraction of sp³-hybridized carbons (Fsp3) is 0.545. The van der Waals surface area contributed by atoms with E-state index in [1.165, 1.54) is 0 Å². The first-order valence-electron chi connectivity index (χ1n) is 5.05. The van der Waals surface area contributed by atoms with Crippen LogP contribution in [0.25, 0.3) is 0 Å². The van der Waals surface area contributed by atoms with Crippen molar-refractivity contribution in [2.45, 2.75) is 18.9 Å². The van der Waals surface area contributed by atoms with Crippen LogP contribution in [0.4, 0.5) is 0 Å². The monoisotopic (exact) mass is 209 g/mol. The van der Waals surface area contributed by atoms with E-state index in [0.717, 1.165) is 11.3 Å². The zero-order valence-electron chi connectivity index (χ0n) is 8.93. The average Bonchev–Trinajstić information content (AvgIpc) is 2.62.